The van der Waals surface area contributed by atoms with Gasteiger partial charge in [0, 0.05) is 5.54 Å². The lowest BCUT2D eigenvalue weighted by atomic mass is 10.0. The molecule has 3 N–H and O–H groups in total. The molecule has 0 saturated carbocycles. The number of nitrogens with two attached hydrogens (primary N) is 1. The second-order valence-electron chi connectivity index (χ2n) is 4.35. The normalized spacial score (nSPS) is 15.9. The van der Waals surface area contributed by atoms with Gasteiger partial charge in [-0.05, 0) is 39.4 Å². The van der Waals surface area contributed by atoms with E-state index in [9.17, 15) is 0 Å². The van der Waals surface area contributed by atoms with Crippen LogP contribution in [0.2, 0.25) is 0 Å². The Balaban J connectivity index is 3.71. The van der Waals surface area contributed by atoms with E-state index in [2.05, 4.69) is 18.7 Å². The third kappa shape index (κ3) is 6.35. The molecule has 0 aliphatic carbocycles. The molecule has 14 heavy (non-hydrogen) atoms. The number of unbranched alkanes of at least 4 members (excludes halogenated alkanes) is 1. The molecule has 86 valence electrons. The van der Waals surface area contributed by atoms with E-state index in [1.165, 1.54) is 12.8 Å². The van der Waals surface area contributed by atoms with Crippen LogP contribution in [0.15, 0.2) is 0 Å². The zero-order chi connectivity index (χ0) is 11.0. The molecule has 0 heterocycles. The molecular formula is C11H26N2O. The Morgan fingerprint density at radius 1 is 1.29 bits per heavy atom. The fourth-order valence-electron chi connectivity index (χ4n) is 1.30. The minimum Gasteiger partial charge on any atom is -0.394 e. The van der Waals surface area contributed by atoms with Crippen LogP contribution in [0, 0.1) is 0 Å². The maximum atomic E-state index is 9.01. The van der Waals surface area contributed by atoms with Gasteiger partial charge in [-0.2, -0.15) is 0 Å². The summed E-state index contributed by atoms with van der Waals surface area (Å²) < 4.78 is 0. The third-order valence-corrected chi connectivity index (χ3v) is 2.64. The Morgan fingerprint density at radius 2 is 1.93 bits per heavy atom. The molecule has 0 amide bonds. The molecule has 0 spiro atoms. The van der Waals surface area contributed by atoms with Crippen molar-refractivity contribution in [1.82, 2.24) is 4.90 Å². The molecular weight excluding hydrogens is 176 g/mol. The highest BCUT2D eigenvalue weighted by Crippen LogP contribution is 2.06. The van der Waals surface area contributed by atoms with Gasteiger partial charge in [0.05, 0.1) is 6.61 Å². The molecule has 0 saturated heterocycles. The van der Waals surface area contributed by atoms with Gasteiger partial charge in [-0.15, -0.1) is 0 Å². The Morgan fingerprint density at radius 3 is 2.36 bits per heavy atom. The highest BCUT2D eigenvalue weighted by molar-refractivity contribution is 4.78. The van der Waals surface area contributed by atoms with Crippen LogP contribution in [0.5, 0.6) is 0 Å². The molecule has 1 unspecified atom stereocenters. The van der Waals surface area contributed by atoms with Crippen LogP contribution in [-0.4, -0.2) is 41.8 Å². The quantitative estimate of drug-likeness (QED) is 0.622. The van der Waals surface area contributed by atoms with E-state index in [0.29, 0.717) is 0 Å². The Hall–Kier alpha value is -0.120. The molecule has 0 aromatic rings. The summed E-state index contributed by atoms with van der Waals surface area (Å²) in [6, 6.07) is 0. The van der Waals surface area contributed by atoms with Crippen molar-refractivity contribution in [3.05, 3.63) is 0 Å². The predicted molar refractivity (Wildman–Crippen MR) is 61.3 cm³/mol. The molecule has 0 radical (unpaired) electrons. The average molecular weight is 202 g/mol. The van der Waals surface area contributed by atoms with Crippen LogP contribution in [0.3, 0.4) is 0 Å². The monoisotopic (exact) mass is 202 g/mol. The first kappa shape index (κ1) is 13.9. The van der Waals surface area contributed by atoms with Crippen LogP contribution in [0.1, 0.15) is 40.0 Å². The topological polar surface area (TPSA) is 49.5 Å². The van der Waals surface area contributed by atoms with E-state index < -0.39 is 5.54 Å². The lowest BCUT2D eigenvalue weighted by molar-refractivity contribution is 0.176. The molecule has 0 aliphatic heterocycles. The number of aliphatic hydroxyl groups is 1. The summed E-state index contributed by atoms with van der Waals surface area (Å²) in [6.07, 6.45) is 3.34. The van der Waals surface area contributed by atoms with E-state index in [1.54, 1.807) is 0 Å². The molecule has 0 bridgehead atoms. The first-order chi connectivity index (χ1) is 6.55. The van der Waals surface area contributed by atoms with E-state index >= 15 is 0 Å². The molecule has 1 atom stereocenters. The molecule has 3 heteroatoms. The van der Waals surface area contributed by atoms with Crippen molar-refractivity contribution in [1.29, 1.82) is 0 Å². The molecule has 0 fully saturated rings. The van der Waals surface area contributed by atoms with Crippen molar-refractivity contribution in [2.45, 2.75) is 45.6 Å². The van der Waals surface area contributed by atoms with Gasteiger partial charge in [0.1, 0.15) is 0 Å². The Bertz CT molecular complexity index is 137. The molecule has 0 aliphatic rings. The largest absolute Gasteiger partial charge is 0.394 e. The number of hydrogen-bond donors (Lipinski definition) is 2. The van der Waals surface area contributed by atoms with Gasteiger partial charge in [-0.3, -0.25) is 0 Å². The number of rotatable bonds is 8. The standard InChI is InChI=1S/C11H26N2O/c1-4-6-8-13(5-2)9-7-11(3,12)10-14/h14H,4-10,12H2,1-3H3. The maximum absolute atomic E-state index is 9.01. The first-order valence-corrected chi connectivity index (χ1v) is 5.67. The van der Waals surface area contributed by atoms with Crippen molar-refractivity contribution in [3.8, 4) is 0 Å². The summed E-state index contributed by atoms with van der Waals surface area (Å²) in [5.41, 5.74) is 5.45. The van der Waals surface area contributed by atoms with Crippen molar-refractivity contribution in [2.24, 2.45) is 5.73 Å². The SMILES string of the molecule is CCCCN(CC)CCC(C)(N)CO. The van der Waals surface area contributed by atoms with Crippen molar-refractivity contribution < 1.29 is 5.11 Å². The zero-order valence-corrected chi connectivity index (χ0v) is 9.92. The van der Waals surface area contributed by atoms with Gasteiger partial charge in [0.2, 0.25) is 0 Å². The van der Waals surface area contributed by atoms with Crippen LogP contribution in [0.25, 0.3) is 0 Å². The smallest absolute Gasteiger partial charge is 0.0608 e. The van der Waals surface area contributed by atoms with E-state index in [1.807, 2.05) is 6.92 Å². The summed E-state index contributed by atoms with van der Waals surface area (Å²) in [6.45, 7) is 9.55. The summed E-state index contributed by atoms with van der Waals surface area (Å²) in [5.74, 6) is 0. The van der Waals surface area contributed by atoms with Gasteiger partial charge in [0.15, 0.2) is 0 Å². The minimum absolute atomic E-state index is 0.0678. The zero-order valence-electron chi connectivity index (χ0n) is 9.92. The Labute approximate surface area is 88.3 Å². The average Bonchev–Trinajstić information content (AvgIpc) is 2.18. The van der Waals surface area contributed by atoms with Crippen molar-refractivity contribution in [2.75, 3.05) is 26.2 Å². The number of nitrogens with zero attached hydrogens (tertiary/aromatic N) is 1. The van der Waals surface area contributed by atoms with Gasteiger partial charge in [-0.25, -0.2) is 0 Å². The van der Waals surface area contributed by atoms with E-state index in [-0.39, 0.29) is 6.61 Å². The molecule has 0 aromatic carbocycles. The van der Waals surface area contributed by atoms with Gasteiger partial charge < -0.3 is 15.7 Å². The highest BCUT2D eigenvalue weighted by atomic mass is 16.3. The number of aliphatic hydroxyl groups excluding tert-OH is 1. The van der Waals surface area contributed by atoms with Crippen LogP contribution >= 0.6 is 0 Å². The van der Waals surface area contributed by atoms with Gasteiger partial charge in [0.25, 0.3) is 0 Å². The molecule has 0 rings (SSSR count). The van der Waals surface area contributed by atoms with Gasteiger partial charge in [-0.1, -0.05) is 20.3 Å². The molecule has 3 nitrogen and oxygen atoms in total. The fourth-order valence-corrected chi connectivity index (χ4v) is 1.30. The van der Waals surface area contributed by atoms with Crippen molar-refractivity contribution >= 4 is 0 Å². The first-order valence-electron chi connectivity index (χ1n) is 5.67. The lowest BCUT2D eigenvalue weighted by Gasteiger charge is -2.27. The third-order valence-electron chi connectivity index (χ3n) is 2.64. The summed E-state index contributed by atoms with van der Waals surface area (Å²) in [7, 11) is 0. The molecule has 0 aromatic heterocycles. The summed E-state index contributed by atoms with van der Waals surface area (Å²) >= 11 is 0. The fraction of sp³-hybridized carbons (Fsp3) is 1.00. The summed E-state index contributed by atoms with van der Waals surface area (Å²) in [5, 5.41) is 9.01. The van der Waals surface area contributed by atoms with Crippen molar-refractivity contribution in [3.63, 3.8) is 0 Å². The Kier molecular flexibility index (Phi) is 7.15. The number of hydrogen-bond acceptors (Lipinski definition) is 3. The summed E-state index contributed by atoms with van der Waals surface area (Å²) in [4.78, 5) is 2.39. The highest BCUT2D eigenvalue weighted by Gasteiger charge is 2.17. The second-order valence-corrected chi connectivity index (χ2v) is 4.35. The van der Waals surface area contributed by atoms with Gasteiger partial charge >= 0.3 is 0 Å². The lowest BCUT2D eigenvalue weighted by Crippen LogP contribution is -2.43. The van der Waals surface area contributed by atoms with Crippen LogP contribution in [0.4, 0.5) is 0 Å². The second kappa shape index (κ2) is 7.21. The maximum Gasteiger partial charge on any atom is 0.0608 e. The predicted octanol–water partition coefficient (Wildman–Crippen LogP) is 1.21. The van der Waals surface area contributed by atoms with Crippen LogP contribution < -0.4 is 5.73 Å². The minimum atomic E-state index is -0.417. The van der Waals surface area contributed by atoms with E-state index in [4.69, 9.17) is 10.8 Å². The van der Waals surface area contributed by atoms with E-state index in [0.717, 1.165) is 26.1 Å². The van der Waals surface area contributed by atoms with Crippen LogP contribution in [-0.2, 0) is 0 Å².